The zero-order chi connectivity index (χ0) is 15.4. The first kappa shape index (κ1) is 16.4. The van der Waals surface area contributed by atoms with Crippen LogP contribution in [0.5, 0.6) is 0 Å². The van der Waals surface area contributed by atoms with Crippen LogP contribution in [0.3, 0.4) is 0 Å². The molecule has 0 saturated carbocycles. The Bertz CT molecular complexity index is 432. The Labute approximate surface area is 128 Å². The van der Waals surface area contributed by atoms with Crippen molar-refractivity contribution in [1.29, 1.82) is 0 Å². The minimum atomic E-state index is 0.220. The predicted octanol–water partition coefficient (Wildman–Crippen LogP) is 0.474. The molecule has 3 unspecified atom stereocenters. The molecule has 2 rings (SSSR count). The van der Waals surface area contributed by atoms with Crippen molar-refractivity contribution in [2.75, 3.05) is 33.7 Å². The summed E-state index contributed by atoms with van der Waals surface area (Å²) in [6.45, 7) is 7.62. The molecule has 6 heteroatoms. The van der Waals surface area contributed by atoms with Gasteiger partial charge in [-0.25, -0.2) is 0 Å². The van der Waals surface area contributed by atoms with Crippen molar-refractivity contribution in [3.63, 3.8) is 0 Å². The number of hydrogen-bond donors (Lipinski definition) is 2. The van der Waals surface area contributed by atoms with E-state index in [1.54, 1.807) is 0 Å². The van der Waals surface area contributed by atoms with Crippen molar-refractivity contribution in [1.82, 2.24) is 25.0 Å². The van der Waals surface area contributed by atoms with E-state index in [-0.39, 0.29) is 6.04 Å². The molecule has 1 aliphatic heterocycles. The lowest BCUT2D eigenvalue weighted by Gasteiger charge is -2.41. The van der Waals surface area contributed by atoms with Gasteiger partial charge < -0.3 is 4.90 Å². The average Bonchev–Trinajstić information content (AvgIpc) is 2.95. The fourth-order valence-electron chi connectivity index (χ4n) is 2.93. The van der Waals surface area contributed by atoms with Crippen molar-refractivity contribution >= 4 is 0 Å². The zero-order valence-corrected chi connectivity index (χ0v) is 13.8. The van der Waals surface area contributed by atoms with Gasteiger partial charge in [0.1, 0.15) is 0 Å². The van der Waals surface area contributed by atoms with Gasteiger partial charge in [0.25, 0.3) is 0 Å². The monoisotopic (exact) mass is 294 g/mol. The van der Waals surface area contributed by atoms with Gasteiger partial charge in [-0.3, -0.25) is 20.9 Å². The smallest absolute Gasteiger partial charge is 0.0641 e. The van der Waals surface area contributed by atoms with E-state index in [0.717, 1.165) is 38.2 Å². The number of nitrogens with two attached hydrogens (primary N) is 1. The normalized spacial score (nSPS) is 24.1. The molecule has 21 heavy (non-hydrogen) atoms. The van der Waals surface area contributed by atoms with Crippen LogP contribution >= 0.6 is 0 Å². The SMILES string of the molecule is CCC(C)n1ccc(CC(NN)C2CN(C)CCN2C)n1. The quantitative estimate of drug-likeness (QED) is 0.590. The maximum absolute atomic E-state index is 5.82. The number of hydrazine groups is 1. The summed E-state index contributed by atoms with van der Waals surface area (Å²) in [6.07, 6.45) is 4.03. The number of aromatic nitrogens is 2. The van der Waals surface area contributed by atoms with E-state index in [2.05, 4.69) is 60.1 Å². The predicted molar refractivity (Wildman–Crippen MR) is 86.0 cm³/mol. The highest BCUT2D eigenvalue weighted by atomic mass is 15.3. The number of nitrogens with zero attached hydrogens (tertiary/aromatic N) is 4. The van der Waals surface area contributed by atoms with E-state index in [0.29, 0.717) is 12.1 Å². The average molecular weight is 294 g/mol. The van der Waals surface area contributed by atoms with Crippen LogP contribution in [0.15, 0.2) is 12.3 Å². The van der Waals surface area contributed by atoms with E-state index in [9.17, 15) is 0 Å². The first-order valence-corrected chi connectivity index (χ1v) is 7.94. The van der Waals surface area contributed by atoms with Crippen LogP contribution in [0.1, 0.15) is 32.0 Å². The molecular weight excluding hydrogens is 264 g/mol. The summed E-state index contributed by atoms with van der Waals surface area (Å²) in [5.74, 6) is 5.82. The van der Waals surface area contributed by atoms with Crippen molar-refractivity contribution in [2.45, 2.75) is 44.8 Å². The number of hydrogen-bond acceptors (Lipinski definition) is 5. The van der Waals surface area contributed by atoms with Crippen LogP contribution in [-0.4, -0.2) is 65.4 Å². The largest absolute Gasteiger partial charge is 0.303 e. The Balaban J connectivity index is 2.02. The molecule has 0 amide bonds. The summed E-state index contributed by atoms with van der Waals surface area (Å²) in [5.41, 5.74) is 4.12. The van der Waals surface area contributed by atoms with E-state index >= 15 is 0 Å². The summed E-state index contributed by atoms with van der Waals surface area (Å²) in [5, 5.41) is 4.70. The zero-order valence-electron chi connectivity index (χ0n) is 13.8. The summed E-state index contributed by atoms with van der Waals surface area (Å²) in [7, 11) is 4.35. The first-order valence-electron chi connectivity index (χ1n) is 7.94. The molecule has 1 fully saturated rings. The number of piperazine rings is 1. The highest BCUT2D eigenvalue weighted by Crippen LogP contribution is 2.15. The molecule has 1 aromatic rings. The third-order valence-electron chi connectivity index (χ3n) is 4.71. The molecular formula is C15H30N6. The molecule has 120 valence electrons. The number of likely N-dealkylation sites (N-methyl/N-ethyl adjacent to an activating group) is 2. The molecule has 1 saturated heterocycles. The number of nitrogens with one attached hydrogen (secondary N) is 1. The van der Waals surface area contributed by atoms with Gasteiger partial charge in [0.15, 0.2) is 0 Å². The fraction of sp³-hybridized carbons (Fsp3) is 0.800. The molecule has 0 radical (unpaired) electrons. The fourth-order valence-corrected chi connectivity index (χ4v) is 2.93. The third-order valence-corrected chi connectivity index (χ3v) is 4.71. The molecule has 3 N–H and O–H groups in total. The Hall–Kier alpha value is -0.950. The third kappa shape index (κ3) is 4.03. The van der Waals surface area contributed by atoms with Crippen LogP contribution in [0.25, 0.3) is 0 Å². The maximum Gasteiger partial charge on any atom is 0.0641 e. The Morgan fingerprint density at radius 3 is 2.86 bits per heavy atom. The lowest BCUT2D eigenvalue weighted by molar-refractivity contribution is 0.0874. The lowest BCUT2D eigenvalue weighted by atomic mass is 10.00. The van der Waals surface area contributed by atoms with Gasteiger partial charge in [0, 0.05) is 50.4 Å². The molecule has 0 aliphatic carbocycles. The van der Waals surface area contributed by atoms with E-state index in [1.165, 1.54) is 0 Å². The molecule has 1 aromatic heterocycles. The topological polar surface area (TPSA) is 62.4 Å². The van der Waals surface area contributed by atoms with Gasteiger partial charge in [-0.15, -0.1) is 0 Å². The molecule has 2 heterocycles. The van der Waals surface area contributed by atoms with Crippen molar-refractivity contribution < 1.29 is 0 Å². The van der Waals surface area contributed by atoms with Gasteiger partial charge in [-0.05, 0) is 33.5 Å². The van der Waals surface area contributed by atoms with E-state index in [1.807, 2.05) is 0 Å². The minimum absolute atomic E-state index is 0.220. The molecule has 0 spiro atoms. The van der Waals surface area contributed by atoms with Crippen LogP contribution in [0.4, 0.5) is 0 Å². The summed E-state index contributed by atoms with van der Waals surface area (Å²) in [6, 6.07) is 3.20. The van der Waals surface area contributed by atoms with Crippen LogP contribution in [-0.2, 0) is 6.42 Å². The van der Waals surface area contributed by atoms with Crippen LogP contribution in [0, 0.1) is 0 Å². The van der Waals surface area contributed by atoms with E-state index < -0.39 is 0 Å². The molecule has 1 aliphatic rings. The van der Waals surface area contributed by atoms with E-state index in [4.69, 9.17) is 10.9 Å². The lowest BCUT2D eigenvalue weighted by Crippen LogP contribution is -2.60. The second-order valence-electron chi connectivity index (χ2n) is 6.33. The van der Waals surface area contributed by atoms with Gasteiger partial charge >= 0.3 is 0 Å². The van der Waals surface area contributed by atoms with Gasteiger partial charge in [0.2, 0.25) is 0 Å². The summed E-state index contributed by atoms with van der Waals surface area (Å²) >= 11 is 0. The number of rotatable bonds is 6. The highest BCUT2D eigenvalue weighted by molar-refractivity contribution is 5.04. The molecule has 0 bridgehead atoms. The Morgan fingerprint density at radius 1 is 1.43 bits per heavy atom. The summed E-state index contributed by atoms with van der Waals surface area (Å²) < 4.78 is 2.06. The summed E-state index contributed by atoms with van der Waals surface area (Å²) in [4.78, 5) is 4.77. The molecule has 0 aromatic carbocycles. The second kappa shape index (κ2) is 7.35. The minimum Gasteiger partial charge on any atom is -0.303 e. The molecule has 6 nitrogen and oxygen atoms in total. The van der Waals surface area contributed by atoms with Gasteiger partial charge in [0.05, 0.1) is 5.69 Å². The van der Waals surface area contributed by atoms with Gasteiger partial charge in [-0.2, -0.15) is 5.10 Å². The maximum atomic E-state index is 5.82. The van der Waals surface area contributed by atoms with Crippen molar-refractivity contribution in [3.05, 3.63) is 18.0 Å². The Kier molecular flexibility index (Phi) is 5.75. The second-order valence-corrected chi connectivity index (χ2v) is 6.33. The van der Waals surface area contributed by atoms with Crippen molar-refractivity contribution in [3.8, 4) is 0 Å². The van der Waals surface area contributed by atoms with Crippen LogP contribution in [0.2, 0.25) is 0 Å². The molecule has 3 atom stereocenters. The van der Waals surface area contributed by atoms with Crippen molar-refractivity contribution in [2.24, 2.45) is 5.84 Å². The first-order chi connectivity index (χ1) is 10.0. The van der Waals surface area contributed by atoms with Gasteiger partial charge in [-0.1, -0.05) is 6.92 Å². The highest BCUT2D eigenvalue weighted by Gasteiger charge is 2.29. The standard InChI is InChI=1S/C15H30N6/c1-5-12(2)21-7-6-13(18-21)10-14(17-16)15-11-19(3)8-9-20(15)4/h6-7,12,14-15,17H,5,8-11,16H2,1-4H3. The Morgan fingerprint density at radius 2 is 2.19 bits per heavy atom. The van der Waals surface area contributed by atoms with Crippen LogP contribution < -0.4 is 11.3 Å².